The lowest BCUT2D eigenvalue weighted by atomic mass is 9.54. The van der Waals surface area contributed by atoms with E-state index in [0.717, 1.165) is 23.8 Å². The fraction of sp³-hybridized carbons (Fsp3) is 0.522. The van der Waals surface area contributed by atoms with Crippen LogP contribution in [0.25, 0.3) is 11.0 Å². The number of ether oxygens (including phenoxy) is 2. The summed E-state index contributed by atoms with van der Waals surface area (Å²) in [7, 11) is 0. The van der Waals surface area contributed by atoms with Gasteiger partial charge in [0.05, 0.1) is 36.9 Å². The molecular weight excluding hydrogens is 356 g/mol. The quantitative estimate of drug-likeness (QED) is 0.641. The van der Waals surface area contributed by atoms with E-state index in [2.05, 4.69) is 27.4 Å². The van der Waals surface area contributed by atoms with Crippen LogP contribution in [0.4, 0.5) is 0 Å². The van der Waals surface area contributed by atoms with Crippen LogP contribution in [-0.2, 0) is 4.74 Å². The first-order valence-electron chi connectivity index (χ1n) is 9.86. The molecule has 5 nitrogen and oxygen atoms in total. The Morgan fingerprint density at radius 3 is 2.82 bits per heavy atom. The molecule has 1 aliphatic heterocycles. The molecule has 1 saturated heterocycles. The minimum absolute atomic E-state index is 0.0732. The molecule has 0 amide bonds. The van der Waals surface area contributed by atoms with Crippen molar-refractivity contribution in [3.05, 3.63) is 52.9 Å². The molecular formula is C23H28O5. The SMILES string of the molecule is C=C1COC2C(C)(C)C(O)CCC2(C)C1COc1cc(=O)oc2ccccc12. The molecule has 2 heterocycles. The van der Waals surface area contributed by atoms with E-state index in [1.807, 2.05) is 18.2 Å². The molecule has 2 aromatic rings. The highest BCUT2D eigenvalue weighted by Crippen LogP contribution is 2.55. The molecule has 1 saturated carbocycles. The van der Waals surface area contributed by atoms with Crippen LogP contribution in [0.15, 0.2) is 51.7 Å². The van der Waals surface area contributed by atoms with Crippen molar-refractivity contribution in [2.24, 2.45) is 16.7 Å². The molecule has 1 aromatic heterocycles. The zero-order valence-corrected chi connectivity index (χ0v) is 16.7. The van der Waals surface area contributed by atoms with Gasteiger partial charge in [0.1, 0.15) is 11.3 Å². The van der Waals surface area contributed by atoms with Crippen LogP contribution in [0.3, 0.4) is 0 Å². The largest absolute Gasteiger partial charge is 0.492 e. The van der Waals surface area contributed by atoms with Crippen LogP contribution in [-0.4, -0.2) is 30.5 Å². The smallest absolute Gasteiger partial charge is 0.339 e. The number of benzene rings is 1. The van der Waals surface area contributed by atoms with Crippen LogP contribution < -0.4 is 10.4 Å². The van der Waals surface area contributed by atoms with Crippen molar-refractivity contribution in [3.63, 3.8) is 0 Å². The molecule has 0 bridgehead atoms. The standard InChI is InChI=1S/C23H28O5/c1-14-12-27-21-22(2,3)19(24)9-10-23(21,4)16(14)13-26-18-11-20(25)28-17-8-6-5-7-15(17)18/h5-8,11,16,19,21,24H,1,9-10,12-13H2,2-4H3. The van der Waals surface area contributed by atoms with Gasteiger partial charge in [0.25, 0.3) is 0 Å². The number of aliphatic hydroxyl groups is 1. The highest BCUT2D eigenvalue weighted by molar-refractivity contribution is 5.82. The van der Waals surface area contributed by atoms with E-state index in [1.54, 1.807) is 6.07 Å². The van der Waals surface area contributed by atoms with Crippen molar-refractivity contribution in [3.8, 4) is 5.75 Å². The molecule has 28 heavy (non-hydrogen) atoms. The van der Waals surface area contributed by atoms with Gasteiger partial charge < -0.3 is 19.0 Å². The summed E-state index contributed by atoms with van der Waals surface area (Å²) in [6.45, 7) is 11.5. The summed E-state index contributed by atoms with van der Waals surface area (Å²) in [5.41, 5.74) is 0.560. The van der Waals surface area contributed by atoms with Gasteiger partial charge in [-0.1, -0.05) is 39.5 Å². The minimum atomic E-state index is -0.425. The molecule has 4 unspecified atom stereocenters. The Balaban J connectivity index is 1.64. The van der Waals surface area contributed by atoms with Crippen molar-refractivity contribution < 1.29 is 19.0 Å². The summed E-state index contributed by atoms with van der Waals surface area (Å²) >= 11 is 0. The Bertz CT molecular complexity index is 959. The average Bonchev–Trinajstić information content (AvgIpc) is 2.64. The zero-order valence-electron chi connectivity index (χ0n) is 16.7. The molecule has 4 atom stereocenters. The monoisotopic (exact) mass is 384 g/mol. The van der Waals surface area contributed by atoms with Gasteiger partial charge in [-0.15, -0.1) is 0 Å². The predicted octanol–water partition coefficient (Wildman–Crippen LogP) is 3.93. The predicted molar refractivity (Wildman–Crippen MR) is 107 cm³/mol. The Morgan fingerprint density at radius 1 is 1.29 bits per heavy atom. The van der Waals surface area contributed by atoms with Gasteiger partial charge in [-0.3, -0.25) is 0 Å². The molecule has 0 radical (unpaired) electrons. The van der Waals surface area contributed by atoms with E-state index >= 15 is 0 Å². The molecule has 1 aromatic carbocycles. The summed E-state index contributed by atoms with van der Waals surface area (Å²) in [6.07, 6.45) is 1.10. The second kappa shape index (κ2) is 6.75. The summed E-state index contributed by atoms with van der Waals surface area (Å²) in [4.78, 5) is 11.9. The van der Waals surface area contributed by atoms with Crippen molar-refractivity contribution in [2.45, 2.75) is 45.8 Å². The summed E-state index contributed by atoms with van der Waals surface area (Å²) in [6, 6.07) is 8.77. The van der Waals surface area contributed by atoms with Gasteiger partial charge in [0.15, 0.2) is 0 Å². The Kier molecular flexibility index (Phi) is 4.63. The molecule has 150 valence electrons. The van der Waals surface area contributed by atoms with E-state index < -0.39 is 5.63 Å². The maximum absolute atomic E-state index is 11.9. The van der Waals surface area contributed by atoms with E-state index in [1.165, 1.54) is 6.07 Å². The molecule has 2 aliphatic rings. The zero-order chi connectivity index (χ0) is 20.1. The third-order valence-corrected chi connectivity index (χ3v) is 6.83. The van der Waals surface area contributed by atoms with Gasteiger partial charge in [-0.05, 0) is 30.5 Å². The first kappa shape index (κ1) is 19.2. The minimum Gasteiger partial charge on any atom is -0.492 e. The highest BCUT2D eigenvalue weighted by atomic mass is 16.5. The lowest BCUT2D eigenvalue weighted by Crippen LogP contribution is -2.61. The van der Waals surface area contributed by atoms with Crippen LogP contribution in [0.5, 0.6) is 5.75 Å². The normalized spacial score (nSPS) is 32.1. The first-order valence-corrected chi connectivity index (χ1v) is 9.86. The maximum atomic E-state index is 11.9. The van der Waals surface area contributed by atoms with Crippen LogP contribution in [0.1, 0.15) is 33.6 Å². The van der Waals surface area contributed by atoms with Crippen LogP contribution in [0.2, 0.25) is 0 Å². The lowest BCUT2D eigenvalue weighted by Gasteiger charge is -2.58. The second-order valence-electron chi connectivity index (χ2n) is 9.02. The lowest BCUT2D eigenvalue weighted by molar-refractivity contribution is -0.203. The third-order valence-electron chi connectivity index (χ3n) is 6.83. The first-order chi connectivity index (χ1) is 13.2. The van der Waals surface area contributed by atoms with Gasteiger partial charge >= 0.3 is 5.63 Å². The van der Waals surface area contributed by atoms with Crippen molar-refractivity contribution in [1.29, 1.82) is 0 Å². The third kappa shape index (κ3) is 2.97. The van der Waals surface area contributed by atoms with E-state index in [0.29, 0.717) is 24.5 Å². The van der Waals surface area contributed by atoms with Crippen molar-refractivity contribution in [2.75, 3.05) is 13.2 Å². The van der Waals surface area contributed by atoms with Crippen LogP contribution in [0, 0.1) is 16.7 Å². The van der Waals surface area contributed by atoms with E-state index in [-0.39, 0.29) is 29.0 Å². The van der Waals surface area contributed by atoms with Crippen molar-refractivity contribution in [1.82, 2.24) is 0 Å². The number of hydrogen-bond donors (Lipinski definition) is 1. The summed E-state index contributed by atoms with van der Waals surface area (Å²) < 4.78 is 17.6. The number of hydrogen-bond acceptors (Lipinski definition) is 5. The van der Waals surface area contributed by atoms with E-state index in [4.69, 9.17) is 13.9 Å². The number of rotatable bonds is 3. The fourth-order valence-corrected chi connectivity index (χ4v) is 5.18. The number of aliphatic hydroxyl groups excluding tert-OH is 1. The van der Waals surface area contributed by atoms with Crippen LogP contribution >= 0.6 is 0 Å². The number of para-hydroxylation sites is 1. The number of fused-ring (bicyclic) bond motifs is 2. The average molecular weight is 384 g/mol. The molecule has 5 heteroatoms. The molecule has 1 aliphatic carbocycles. The fourth-order valence-electron chi connectivity index (χ4n) is 5.18. The van der Waals surface area contributed by atoms with Gasteiger partial charge in [0.2, 0.25) is 0 Å². The second-order valence-corrected chi connectivity index (χ2v) is 9.02. The summed E-state index contributed by atoms with van der Waals surface area (Å²) in [5, 5.41) is 11.3. The molecule has 0 spiro atoms. The summed E-state index contributed by atoms with van der Waals surface area (Å²) in [5.74, 6) is 0.602. The van der Waals surface area contributed by atoms with Gasteiger partial charge in [-0.2, -0.15) is 0 Å². The Morgan fingerprint density at radius 2 is 2.04 bits per heavy atom. The van der Waals surface area contributed by atoms with Crippen molar-refractivity contribution >= 4 is 11.0 Å². The maximum Gasteiger partial charge on any atom is 0.339 e. The van der Waals surface area contributed by atoms with E-state index in [9.17, 15) is 9.90 Å². The highest BCUT2D eigenvalue weighted by Gasteiger charge is 2.57. The Labute approximate surface area is 165 Å². The van der Waals surface area contributed by atoms with Gasteiger partial charge in [-0.25, -0.2) is 4.79 Å². The Hall–Kier alpha value is -2.11. The molecule has 1 N–H and O–H groups in total. The molecule has 4 rings (SSSR count). The topological polar surface area (TPSA) is 68.9 Å². The van der Waals surface area contributed by atoms with Gasteiger partial charge in [0, 0.05) is 16.7 Å². The molecule has 2 fully saturated rings.